The molecule has 4 saturated carbocycles. The van der Waals surface area contributed by atoms with Crippen LogP contribution >= 0.6 is 0 Å². The minimum absolute atomic E-state index is 0.153. The molecule has 0 amide bonds. The van der Waals surface area contributed by atoms with E-state index in [-0.39, 0.29) is 81.2 Å². The van der Waals surface area contributed by atoms with Crippen molar-refractivity contribution in [1.82, 2.24) is 0 Å². The highest BCUT2D eigenvalue weighted by Gasteiger charge is 2.60. The van der Waals surface area contributed by atoms with Gasteiger partial charge >= 0.3 is 47.8 Å². The predicted molar refractivity (Wildman–Crippen MR) is 246 cm³/mol. The van der Waals surface area contributed by atoms with Crippen molar-refractivity contribution in [3.05, 3.63) is 71.9 Å². The lowest BCUT2D eigenvalue weighted by molar-refractivity contribution is -0.192. The molecule has 0 bridgehead atoms. The van der Waals surface area contributed by atoms with E-state index in [9.17, 15) is 48.6 Å². The first-order valence-corrected chi connectivity index (χ1v) is 23.8. The van der Waals surface area contributed by atoms with Gasteiger partial charge in [0.1, 0.15) is 32.0 Å². The van der Waals surface area contributed by atoms with Gasteiger partial charge in [0.2, 0.25) is 0 Å². The lowest BCUT2D eigenvalue weighted by atomic mass is 9.46. The number of cyclic esters (lactones) is 1. The monoisotopic (exact) mass is 964 g/mol. The number of hydrogen-bond donors (Lipinski definition) is 4. The van der Waals surface area contributed by atoms with Crippen LogP contribution in [0.2, 0.25) is 0 Å². The van der Waals surface area contributed by atoms with Crippen LogP contribution in [0.3, 0.4) is 0 Å². The summed E-state index contributed by atoms with van der Waals surface area (Å²) >= 11 is 0. The molecule has 5 aliphatic rings. The molecule has 0 aromatic rings. The van der Waals surface area contributed by atoms with Crippen molar-refractivity contribution in [2.24, 2.45) is 45.3 Å². The van der Waals surface area contributed by atoms with Gasteiger partial charge in [0, 0.05) is 22.7 Å². The average molecular weight is 965 g/mol. The van der Waals surface area contributed by atoms with E-state index in [1.54, 1.807) is 18.2 Å². The van der Waals surface area contributed by atoms with Gasteiger partial charge in [-0.15, -0.1) is 0 Å². The molecule has 17 heteroatoms. The van der Waals surface area contributed by atoms with Crippen molar-refractivity contribution >= 4 is 47.8 Å². The Morgan fingerprint density at radius 1 is 0.696 bits per heavy atom. The van der Waals surface area contributed by atoms with Crippen molar-refractivity contribution in [3.63, 3.8) is 0 Å². The van der Waals surface area contributed by atoms with Crippen LogP contribution in [0.4, 0.5) is 0 Å². The molecular weight excluding hydrogens is 897 g/mol. The van der Waals surface area contributed by atoms with Crippen LogP contribution in [-0.4, -0.2) is 107 Å². The molecule has 5 rings (SSSR count). The molecule has 0 radical (unpaired) electrons. The molecule has 4 N–H and O–H groups in total. The number of carboxylic acids is 3. The van der Waals surface area contributed by atoms with Gasteiger partial charge in [-0.05, 0) is 86.2 Å². The highest BCUT2D eigenvalue weighted by molar-refractivity contribution is 5.93. The number of aliphatic hydroxyl groups is 1. The normalized spacial score (nSPS) is 32.3. The maximum absolute atomic E-state index is 13.3. The number of carbonyl (C=O) groups excluding carboxylic acids is 5. The van der Waals surface area contributed by atoms with E-state index in [0.717, 1.165) is 11.1 Å². The van der Waals surface area contributed by atoms with E-state index in [2.05, 4.69) is 20.1 Å². The highest BCUT2D eigenvalue weighted by Crippen LogP contribution is 2.63. The number of aliphatic carboxylic acids is 3. The van der Waals surface area contributed by atoms with Gasteiger partial charge in [0.25, 0.3) is 0 Å². The Hall–Kier alpha value is -5.84. The lowest BCUT2D eigenvalue weighted by Crippen LogP contribution is -2.58. The highest BCUT2D eigenvalue weighted by atomic mass is 16.6. The maximum atomic E-state index is 13.3. The number of hydrogen-bond acceptors (Lipinski definition) is 14. The average Bonchev–Trinajstić information content (AvgIpc) is 3.70. The molecule has 1 heterocycles. The first kappa shape index (κ1) is 54.1. The van der Waals surface area contributed by atoms with Gasteiger partial charge in [-0.1, -0.05) is 76.3 Å². The van der Waals surface area contributed by atoms with Crippen LogP contribution in [0.1, 0.15) is 118 Å². The number of ether oxygens (including phenoxy) is 5. The molecule has 10 atom stereocenters. The molecule has 1 aliphatic heterocycles. The van der Waals surface area contributed by atoms with E-state index in [0.29, 0.717) is 56.9 Å². The summed E-state index contributed by atoms with van der Waals surface area (Å²) in [5.74, 6) is -7.63. The van der Waals surface area contributed by atoms with Crippen molar-refractivity contribution < 1.29 is 82.5 Å². The number of rotatable bonds is 21. The smallest absolute Gasteiger partial charge is 0.338 e. The second-order valence-corrected chi connectivity index (χ2v) is 20.2. The molecule has 4 fully saturated rings. The largest absolute Gasteiger partial charge is 0.481 e. The van der Waals surface area contributed by atoms with Crippen molar-refractivity contribution in [1.29, 1.82) is 0 Å². The van der Waals surface area contributed by atoms with Gasteiger partial charge < -0.3 is 44.1 Å². The second-order valence-electron chi connectivity index (χ2n) is 20.2. The van der Waals surface area contributed by atoms with Gasteiger partial charge in [-0.25, -0.2) is 9.59 Å². The number of aliphatic hydroxyl groups excluding tert-OH is 1. The molecule has 0 aromatic heterocycles. The standard InChI is InChI=1S/C52H68O17/c1-31-7-13-37-49(3,25-21-39(51(37,5)29-53)68-45(60)17-15-41(54)55)35(31)11-9-33(47(62)63)23-27-65-43(58)19-20-44(59)67-30-52(6)38-14-8-32(2)36(12-10-34-24-28-66-48(34)64)50(38,4)26-22-40(52)69-46(61)18-16-42(56)57/h9-12,23-24,35-40,53H,1-2,7-8,13-22,25-30H2,3-6H3,(H,54,55)(H,56,57)(H,62,63)/b11-9+,12-10+,33-23-. The molecule has 378 valence electrons. The van der Waals surface area contributed by atoms with E-state index in [1.165, 1.54) is 12.2 Å². The van der Waals surface area contributed by atoms with Crippen molar-refractivity contribution in [3.8, 4) is 0 Å². The van der Waals surface area contributed by atoms with Crippen molar-refractivity contribution in [2.45, 2.75) is 130 Å². The second kappa shape index (κ2) is 22.7. The SMILES string of the molecule is C=C1CCC2C(C)(CO)C(OC(=O)CCC(=O)O)CCC2(C)C1/C=C/C(=C/COC(=O)CCC(=O)OCC1(C)C(OC(=O)CCC(=O)O)CCC2(C)C(/C=C/C3=CCOC3=O)C(=C)CCC12)C(=O)O. The molecule has 0 aromatic carbocycles. The molecule has 17 nitrogen and oxygen atoms in total. The van der Waals surface area contributed by atoms with Crippen LogP contribution in [0.5, 0.6) is 0 Å². The van der Waals surface area contributed by atoms with Gasteiger partial charge in [-0.3, -0.25) is 28.8 Å². The Morgan fingerprint density at radius 3 is 1.68 bits per heavy atom. The molecule has 0 spiro atoms. The predicted octanol–water partition coefficient (Wildman–Crippen LogP) is 6.78. The minimum Gasteiger partial charge on any atom is -0.481 e. The fraction of sp³-hybridized carbons (Fsp3) is 0.615. The Kier molecular flexibility index (Phi) is 17.8. The van der Waals surface area contributed by atoms with Crippen LogP contribution in [-0.2, 0) is 62.0 Å². The fourth-order valence-electron chi connectivity index (χ4n) is 12.1. The first-order chi connectivity index (χ1) is 32.5. The molecule has 69 heavy (non-hydrogen) atoms. The summed E-state index contributed by atoms with van der Waals surface area (Å²) in [6.07, 6.45) is 10.7. The Bertz CT molecular complexity index is 2180. The van der Waals surface area contributed by atoms with Crippen LogP contribution < -0.4 is 0 Å². The summed E-state index contributed by atoms with van der Waals surface area (Å²) in [4.78, 5) is 98.4. The first-order valence-electron chi connectivity index (χ1n) is 23.8. The lowest BCUT2D eigenvalue weighted by Gasteiger charge is -2.59. The topological polar surface area (TPSA) is 264 Å². The zero-order valence-electron chi connectivity index (χ0n) is 40.2. The summed E-state index contributed by atoms with van der Waals surface area (Å²) in [6.45, 7) is 15.8. The van der Waals surface area contributed by atoms with Crippen LogP contribution in [0, 0.1) is 45.3 Å². The Labute approximate surface area is 402 Å². The van der Waals surface area contributed by atoms with Crippen LogP contribution in [0.25, 0.3) is 0 Å². The molecule has 10 unspecified atom stereocenters. The molecule has 4 aliphatic carbocycles. The Morgan fingerprint density at radius 2 is 1.19 bits per heavy atom. The summed E-state index contributed by atoms with van der Waals surface area (Å²) in [7, 11) is 0. The van der Waals surface area contributed by atoms with E-state index in [1.807, 2.05) is 26.8 Å². The van der Waals surface area contributed by atoms with Crippen LogP contribution in [0.15, 0.2) is 71.9 Å². The molecule has 0 saturated heterocycles. The van der Waals surface area contributed by atoms with Gasteiger partial charge in [0.15, 0.2) is 0 Å². The number of carbonyl (C=O) groups is 8. The third-order valence-corrected chi connectivity index (χ3v) is 15.9. The van der Waals surface area contributed by atoms with E-state index in [4.69, 9.17) is 33.9 Å². The zero-order chi connectivity index (χ0) is 50.9. The minimum atomic E-state index is -1.27. The summed E-state index contributed by atoms with van der Waals surface area (Å²) < 4.78 is 27.9. The summed E-state index contributed by atoms with van der Waals surface area (Å²) in [5.41, 5.74) is -0.631. The maximum Gasteiger partial charge on any atom is 0.338 e. The van der Waals surface area contributed by atoms with Gasteiger partial charge in [0.05, 0.1) is 56.3 Å². The van der Waals surface area contributed by atoms with Gasteiger partial charge in [-0.2, -0.15) is 0 Å². The molecular formula is C52H68O17. The summed E-state index contributed by atoms with van der Waals surface area (Å²) in [6, 6.07) is 0. The quantitative estimate of drug-likeness (QED) is 0.0304. The van der Waals surface area contributed by atoms with Crippen molar-refractivity contribution in [2.75, 3.05) is 26.4 Å². The summed E-state index contributed by atoms with van der Waals surface area (Å²) in [5, 5.41) is 38.9. The third kappa shape index (κ3) is 12.5. The Balaban J connectivity index is 1.21. The third-order valence-electron chi connectivity index (χ3n) is 15.9. The number of allylic oxidation sites excluding steroid dienone is 4. The van der Waals surface area contributed by atoms with E-state index >= 15 is 0 Å². The number of fused-ring (bicyclic) bond motifs is 2. The zero-order valence-corrected chi connectivity index (χ0v) is 40.2. The van der Waals surface area contributed by atoms with E-state index < -0.39 is 94.7 Å². The number of carboxylic acid groups (broad SMARTS) is 3. The number of esters is 5. The fourth-order valence-corrected chi connectivity index (χ4v) is 12.1.